The number of hydrogen-bond donors (Lipinski definition) is 2. The lowest BCUT2D eigenvalue weighted by atomic mass is 9.87. The van der Waals surface area contributed by atoms with Gasteiger partial charge in [0.25, 0.3) is 0 Å². The largest absolute Gasteiger partial charge is 0.493 e. The van der Waals surface area contributed by atoms with E-state index in [1.54, 1.807) is 20.4 Å². The van der Waals surface area contributed by atoms with Crippen molar-refractivity contribution < 1.29 is 9.47 Å². The number of hydrazone groups is 1. The molecule has 0 aliphatic heterocycles. The SMILES string of the molecule is CNC(=S)NN=Cc1ccc(OCc2ccc(C(C)(C)C)cc2)c(OC)c1. The third-order valence-corrected chi connectivity index (χ3v) is 4.30. The number of rotatable bonds is 6. The number of hydrogen-bond acceptors (Lipinski definition) is 4. The summed E-state index contributed by atoms with van der Waals surface area (Å²) in [6, 6.07) is 14.2. The Hall–Kier alpha value is -2.60. The summed E-state index contributed by atoms with van der Waals surface area (Å²) < 4.78 is 11.4. The van der Waals surface area contributed by atoms with E-state index in [0.717, 1.165) is 11.1 Å². The third-order valence-electron chi connectivity index (χ3n) is 4.01. The van der Waals surface area contributed by atoms with E-state index >= 15 is 0 Å². The Bertz CT molecular complexity index is 796. The van der Waals surface area contributed by atoms with Gasteiger partial charge in [-0.3, -0.25) is 5.43 Å². The van der Waals surface area contributed by atoms with E-state index in [9.17, 15) is 0 Å². The minimum absolute atomic E-state index is 0.145. The number of nitrogens with one attached hydrogen (secondary N) is 2. The molecular formula is C21H27N3O2S. The lowest BCUT2D eigenvalue weighted by Crippen LogP contribution is -2.28. The fraction of sp³-hybridized carbons (Fsp3) is 0.333. The van der Waals surface area contributed by atoms with Crippen molar-refractivity contribution in [3.63, 3.8) is 0 Å². The zero-order chi connectivity index (χ0) is 19.9. The van der Waals surface area contributed by atoms with Crippen molar-refractivity contribution in [2.24, 2.45) is 5.10 Å². The van der Waals surface area contributed by atoms with E-state index in [1.165, 1.54) is 5.56 Å². The van der Waals surface area contributed by atoms with Crippen LogP contribution in [0.15, 0.2) is 47.6 Å². The van der Waals surface area contributed by atoms with Crippen molar-refractivity contribution in [1.29, 1.82) is 0 Å². The highest BCUT2D eigenvalue weighted by Crippen LogP contribution is 2.29. The Labute approximate surface area is 166 Å². The molecule has 0 aromatic heterocycles. The first-order valence-electron chi connectivity index (χ1n) is 8.74. The van der Waals surface area contributed by atoms with Crippen molar-refractivity contribution in [1.82, 2.24) is 10.7 Å². The average Bonchev–Trinajstić information content (AvgIpc) is 2.66. The number of nitrogens with zero attached hydrogens (tertiary/aromatic N) is 1. The minimum atomic E-state index is 0.145. The molecule has 5 nitrogen and oxygen atoms in total. The second kappa shape index (κ2) is 9.37. The van der Waals surface area contributed by atoms with Gasteiger partial charge in [0.15, 0.2) is 16.6 Å². The number of ether oxygens (including phenoxy) is 2. The summed E-state index contributed by atoms with van der Waals surface area (Å²) in [6.45, 7) is 7.09. The third kappa shape index (κ3) is 6.25. The summed E-state index contributed by atoms with van der Waals surface area (Å²) in [5, 5.41) is 7.31. The summed E-state index contributed by atoms with van der Waals surface area (Å²) in [5.74, 6) is 1.34. The molecule has 0 unspecified atom stereocenters. The standard InChI is InChI=1S/C21H27N3O2S/c1-21(2,3)17-9-6-15(7-10-17)14-26-18-11-8-16(12-19(18)25-5)13-23-24-20(27)22-4/h6-13H,14H2,1-5H3,(H2,22,24,27). The van der Waals surface area contributed by atoms with Crippen LogP contribution in [0.25, 0.3) is 0 Å². The first-order valence-corrected chi connectivity index (χ1v) is 9.15. The van der Waals surface area contributed by atoms with Gasteiger partial charge in [0, 0.05) is 7.05 Å². The van der Waals surface area contributed by atoms with Crippen LogP contribution in [0.3, 0.4) is 0 Å². The zero-order valence-electron chi connectivity index (χ0n) is 16.5. The normalized spacial score (nSPS) is 11.3. The molecule has 2 rings (SSSR count). The van der Waals surface area contributed by atoms with Crippen LogP contribution in [0, 0.1) is 0 Å². The van der Waals surface area contributed by atoms with Gasteiger partial charge in [-0.2, -0.15) is 5.10 Å². The van der Waals surface area contributed by atoms with Gasteiger partial charge in [-0.05, 0) is 52.5 Å². The lowest BCUT2D eigenvalue weighted by molar-refractivity contribution is 0.284. The van der Waals surface area contributed by atoms with Crippen LogP contribution in [-0.4, -0.2) is 25.5 Å². The molecule has 0 aliphatic rings. The quantitative estimate of drug-likeness (QED) is 0.447. The van der Waals surface area contributed by atoms with Crippen LogP contribution >= 0.6 is 12.2 Å². The molecule has 0 atom stereocenters. The van der Waals surface area contributed by atoms with E-state index < -0.39 is 0 Å². The molecule has 0 amide bonds. The fourth-order valence-electron chi connectivity index (χ4n) is 2.37. The Balaban J connectivity index is 2.03. The van der Waals surface area contributed by atoms with Crippen LogP contribution in [0.2, 0.25) is 0 Å². The van der Waals surface area contributed by atoms with Gasteiger partial charge in [-0.15, -0.1) is 0 Å². The van der Waals surface area contributed by atoms with Crippen LogP contribution in [0.5, 0.6) is 11.5 Å². The highest BCUT2D eigenvalue weighted by atomic mass is 32.1. The second-order valence-electron chi connectivity index (χ2n) is 7.10. The van der Waals surface area contributed by atoms with Gasteiger partial charge in [-0.25, -0.2) is 0 Å². The molecule has 0 bridgehead atoms. The molecule has 2 N–H and O–H groups in total. The van der Waals surface area contributed by atoms with Gasteiger partial charge in [-0.1, -0.05) is 45.0 Å². The molecule has 0 saturated carbocycles. The molecular weight excluding hydrogens is 358 g/mol. The summed E-state index contributed by atoms with van der Waals surface area (Å²) in [7, 11) is 3.35. The lowest BCUT2D eigenvalue weighted by Gasteiger charge is -2.19. The van der Waals surface area contributed by atoms with Gasteiger partial charge in [0.2, 0.25) is 0 Å². The fourth-order valence-corrected chi connectivity index (χ4v) is 2.42. The Kier molecular flexibility index (Phi) is 7.19. The van der Waals surface area contributed by atoms with Crippen molar-refractivity contribution >= 4 is 23.5 Å². The topological polar surface area (TPSA) is 54.9 Å². The summed E-state index contributed by atoms with van der Waals surface area (Å²) in [5.41, 5.74) is 6.15. The molecule has 6 heteroatoms. The zero-order valence-corrected chi connectivity index (χ0v) is 17.3. The van der Waals surface area contributed by atoms with Gasteiger partial charge < -0.3 is 14.8 Å². The van der Waals surface area contributed by atoms with Crippen LogP contribution < -0.4 is 20.2 Å². The van der Waals surface area contributed by atoms with E-state index in [4.69, 9.17) is 21.7 Å². The number of benzene rings is 2. The van der Waals surface area contributed by atoms with Crippen LogP contribution in [0.1, 0.15) is 37.5 Å². The summed E-state index contributed by atoms with van der Waals surface area (Å²) in [4.78, 5) is 0. The Morgan fingerprint density at radius 1 is 1.11 bits per heavy atom. The van der Waals surface area contributed by atoms with Gasteiger partial charge >= 0.3 is 0 Å². The first kappa shape index (κ1) is 20.7. The van der Waals surface area contributed by atoms with Gasteiger partial charge in [0.05, 0.1) is 13.3 Å². The molecule has 2 aromatic carbocycles. The highest BCUT2D eigenvalue weighted by molar-refractivity contribution is 7.80. The Morgan fingerprint density at radius 3 is 2.41 bits per heavy atom. The van der Waals surface area contributed by atoms with Crippen LogP contribution in [-0.2, 0) is 12.0 Å². The maximum absolute atomic E-state index is 5.94. The summed E-state index contributed by atoms with van der Waals surface area (Å²) in [6.07, 6.45) is 1.67. The van der Waals surface area contributed by atoms with Crippen molar-refractivity contribution in [2.75, 3.05) is 14.2 Å². The molecule has 0 fully saturated rings. The molecule has 144 valence electrons. The monoisotopic (exact) mass is 385 g/mol. The molecule has 0 radical (unpaired) electrons. The molecule has 2 aromatic rings. The molecule has 27 heavy (non-hydrogen) atoms. The maximum atomic E-state index is 5.94. The maximum Gasteiger partial charge on any atom is 0.186 e. The number of thiocarbonyl (C=S) groups is 1. The van der Waals surface area contributed by atoms with Crippen molar-refractivity contribution in [3.8, 4) is 11.5 Å². The highest BCUT2D eigenvalue weighted by Gasteiger charge is 2.13. The van der Waals surface area contributed by atoms with E-state index in [1.807, 2.05) is 18.2 Å². The summed E-state index contributed by atoms with van der Waals surface area (Å²) >= 11 is 4.97. The minimum Gasteiger partial charge on any atom is -0.493 e. The molecule has 0 heterocycles. The first-order chi connectivity index (χ1) is 12.8. The number of methoxy groups -OCH3 is 1. The molecule has 0 saturated heterocycles. The predicted octanol–water partition coefficient (Wildman–Crippen LogP) is 4.00. The van der Waals surface area contributed by atoms with Crippen LogP contribution in [0.4, 0.5) is 0 Å². The molecule has 0 spiro atoms. The smallest absolute Gasteiger partial charge is 0.186 e. The van der Waals surface area contributed by atoms with E-state index in [-0.39, 0.29) is 5.41 Å². The molecule has 0 aliphatic carbocycles. The average molecular weight is 386 g/mol. The Morgan fingerprint density at radius 2 is 1.81 bits per heavy atom. The predicted molar refractivity (Wildman–Crippen MR) is 115 cm³/mol. The van der Waals surface area contributed by atoms with Gasteiger partial charge in [0.1, 0.15) is 6.61 Å². The van der Waals surface area contributed by atoms with Crippen molar-refractivity contribution in [3.05, 3.63) is 59.2 Å². The second-order valence-corrected chi connectivity index (χ2v) is 7.50. The van der Waals surface area contributed by atoms with E-state index in [2.05, 4.69) is 60.9 Å². The van der Waals surface area contributed by atoms with Crippen molar-refractivity contribution in [2.45, 2.75) is 32.8 Å². The van der Waals surface area contributed by atoms with E-state index in [0.29, 0.717) is 23.2 Å².